The van der Waals surface area contributed by atoms with Crippen LogP contribution >= 0.6 is 0 Å². The smallest absolute Gasteiger partial charge is 0.225 e. The summed E-state index contributed by atoms with van der Waals surface area (Å²) in [4.78, 5) is 13.4. The summed E-state index contributed by atoms with van der Waals surface area (Å²) in [5.74, 6) is 2.79. The molecule has 0 amide bonds. The molecular formula is C17H27N5O2. The van der Waals surface area contributed by atoms with Crippen molar-refractivity contribution in [3.63, 3.8) is 0 Å². The first-order valence-corrected chi connectivity index (χ1v) is 7.96. The van der Waals surface area contributed by atoms with Crippen molar-refractivity contribution in [2.24, 2.45) is 0 Å². The summed E-state index contributed by atoms with van der Waals surface area (Å²) < 4.78 is 10.8. The number of ether oxygens (including phenoxy) is 2. The standard InChI is InChI=1S/C17H27N5O2/c1-21(2)9-7-8-18-17-19-13-11-15(24-6)14(23-5)10-12(13)16(20-17)22(3)4/h10-11H,7-9H2,1-6H3,(H,18,19,20). The second kappa shape index (κ2) is 8.01. The van der Waals surface area contributed by atoms with Crippen molar-refractivity contribution in [2.45, 2.75) is 6.42 Å². The van der Waals surface area contributed by atoms with E-state index in [-0.39, 0.29) is 0 Å². The molecular weight excluding hydrogens is 306 g/mol. The van der Waals surface area contributed by atoms with Gasteiger partial charge in [0.15, 0.2) is 11.5 Å². The molecule has 0 aliphatic carbocycles. The monoisotopic (exact) mass is 333 g/mol. The largest absolute Gasteiger partial charge is 0.493 e. The molecule has 2 rings (SSSR count). The zero-order chi connectivity index (χ0) is 17.7. The highest BCUT2D eigenvalue weighted by molar-refractivity contribution is 5.93. The molecule has 7 heteroatoms. The SMILES string of the molecule is COc1cc2nc(NCCCN(C)C)nc(N(C)C)c2cc1OC. The molecule has 0 unspecified atom stereocenters. The number of aromatic nitrogens is 2. The third-order valence-corrected chi connectivity index (χ3v) is 3.67. The summed E-state index contributed by atoms with van der Waals surface area (Å²) in [6.07, 6.45) is 1.03. The van der Waals surface area contributed by atoms with Crippen molar-refractivity contribution in [3.8, 4) is 11.5 Å². The van der Waals surface area contributed by atoms with Crippen LogP contribution in [0, 0.1) is 0 Å². The van der Waals surface area contributed by atoms with Crippen LogP contribution in [0.2, 0.25) is 0 Å². The van der Waals surface area contributed by atoms with Crippen LogP contribution in [0.5, 0.6) is 11.5 Å². The highest BCUT2D eigenvalue weighted by atomic mass is 16.5. The van der Waals surface area contributed by atoms with Gasteiger partial charge in [-0.25, -0.2) is 4.98 Å². The lowest BCUT2D eigenvalue weighted by Crippen LogP contribution is -2.18. The molecule has 7 nitrogen and oxygen atoms in total. The Morgan fingerprint density at radius 2 is 1.67 bits per heavy atom. The van der Waals surface area contributed by atoms with Crippen LogP contribution in [-0.2, 0) is 0 Å². The summed E-state index contributed by atoms with van der Waals surface area (Å²) in [7, 11) is 11.3. The third kappa shape index (κ3) is 4.17. The number of fused-ring (bicyclic) bond motifs is 1. The summed E-state index contributed by atoms with van der Waals surface area (Å²) in [6.45, 7) is 1.84. The Bertz CT molecular complexity index is 688. The van der Waals surface area contributed by atoms with Crippen LogP contribution in [0.15, 0.2) is 12.1 Å². The van der Waals surface area contributed by atoms with Crippen LogP contribution in [-0.4, -0.2) is 70.4 Å². The van der Waals surface area contributed by atoms with Gasteiger partial charge in [-0.05, 0) is 33.1 Å². The van der Waals surface area contributed by atoms with Crippen molar-refractivity contribution in [3.05, 3.63) is 12.1 Å². The quantitative estimate of drug-likeness (QED) is 0.742. The van der Waals surface area contributed by atoms with E-state index in [4.69, 9.17) is 9.47 Å². The maximum Gasteiger partial charge on any atom is 0.225 e. The second-order valence-electron chi connectivity index (χ2n) is 6.07. The molecule has 1 heterocycles. The molecule has 1 N–H and O–H groups in total. The zero-order valence-electron chi connectivity index (χ0n) is 15.4. The van der Waals surface area contributed by atoms with Crippen LogP contribution < -0.4 is 19.7 Å². The number of rotatable bonds is 8. The van der Waals surface area contributed by atoms with Crippen LogP contribution in [0.1, 0.15) is 6.42 Å². The molecule has 1 aromatic carbocycles. The van der Waals surface area contributed by atoms with E-state index in [1.165, 1.54) is 0 Å². The Balaban J connectivity index is 2.37. The first-order chi connectivity index (χ1) is 11.5. The summed E-state index contributed by atoms with van der Waals surface area (Å²) in [6, 6.07) is 3.80. The fourth-order valence-corrected chi connectivity index (χ4v) is 2.45. The third-order valence-electron chi connectivity index (χ3n) is 3.67. The van der Waals surface area contributed by atoms with Gasteiger partial charge in [0, 0.05) is 32.1 Å². The summed E-state index contributed by atoms with van der Waals surface area (Å²) in [5, 5.41) is 4.23. The van der Waals surface area contributed by atoms with Gasteiger partial charge < -0.3 is 24.6 Å². The molecule has 132 valence electrons. The van der Waals surface area contributed by atoms with Gasteiger partial charge in [0.05, 0.1) is 19.7 Å². The van der Waals surface area contributed by atoms with Gasteiger partial charge in [0.1, 0.15) is 5.82 Å². The molecule has 0 bridgehead atoms. The van der Waals surface area contributed by atoms with Gasteiger partial charge in [0.2, 0.25) is 5.95 Å². The molecule has 0 fully saturated rings. The van der Waals surface area contributed by atoms with Gasteiger partial charge in [-0.2, -0.15) is 4.98 Å². The first kappa shape index (κ1) is 18.1. The van der Waals surface area contributed by atoms with Gasteiger partial charge in [-0.3, -0.25) is 0 Å². The predicted octanol–water partition coefficient (Wildman–Crippen LogP) is 2.08. The van der Waals surface area contributed by atoms with E-state index in [9.17, 15) is 0 Å². The molecule has 1 aromatic heterocycles. The average Bonchev–Trinajstić information content (AvgIpc) is 2.56. The topological polar surface area (TPSA) is 62.8 Å². The summed E-state index contributed by atoms with van der Waals surface area (Å²) in [5.41, 5.74) is 0.821. The predicted molar refractivity (Wildman–Crippen MR) is 98.6 cm³/mol. The number of nitrogens with one attached hydrogen (secondary N) is 1. The van der Waals surface area contributed by atoms with Crippen molar-refractivity contribution in [1.29, 1.82) is 0 Å². The van der Waals surface area contributed by atoms with E-state index in [0.29, 0.717) is 17.4 Å². The lowest BCUT2D eigenvalue weighted by atomic mass is 10.2. The zero-order valence-corrected chi connectivity index (χ0v) is 15.4. The lowest BCUT2D eigenvalue weighted by molar-refractivity contribution is 0.356. The van der Waals surface area contributed by atoms with E-state index in [0.717, 1.165) is 36.2 Å². The van der Waals surface area contributed by atoms with Crippen molar-refractivity contribution in [2.75, 3.05) is 65.7 Å². The second-order valence-corrected chi connectivity index (χ2v) is 6.07. The average molecular weight is 333 g/mol. The Morgan fingerprint density at radius 3 is 2.25 bits per heavy atom. The highest BCUT2D eigenvalue weighted by Crippen LogP contribution is 2.35. The molecule has 0 spiro atoms. The van der Waals surface area contributed by atoms with E-state index in [2.05, 4.69) is 34.3 Å². The number of nitrogens with zero attached hydrogens (tertiary/aromatic N) is 4. The molecule has 0 aliphatic heterocycles. The van der Waals surface area contributed by atoms with Gasteiger partial charge >= 0.3 is 0 Å². The van der Waals surface area contributed by atoms with Crippen molar-refractivity contribution < 1.29 is 9.47 Å². The first-order valence-electron chi connectivity index (χ1n) is 7.96. The Hall–Kier alpha value is -2.28. The molecule has 0 saturated carbocycles. The number of anilines is 2. The minimum Gasteiger partial charge on any atom is -0.493 e. The molecule has 0 atom stereocenters. The maximum absolute atomic E-state index is 5.39. The van der Waals surface area contributed by atoms with Crippen LogP contribution in [0.3, 0.4) is 0 Å². The number of benzene rings is 1. The highest BCUT2D eigenvalue weighted by Gasteiger charge is 2.14. The van der Waals surface area contributed by atoms with E-state index in [1.54, 1.807) is 14.2 Å². The molecule has 2 aromatic rings. The number of hydrogen-bond acceptors (Lipinski definition) is 7. The maximum atomic E-state index is 5.39. The van der Waals surface area contributed by atoms with Crippen molar-refractivity contribution in [1.82, 2.24) is 14.9 Å². The molecule has 0 aliphatic rings. The molecule has 24 heavy (non-hydrogen) atoms. The van der Waals surface area contributed by atoms with Crippen molar-refractivity contribution >= 4 is 22.7 Å². The Kier molecular flexibility index (Phi) is 6.03. The fraction of sp³-hybridized carbons (Fsp3) is 0.529. The molecule has 0 radical (unpaired) electrons. The fourth-order valence-electron chi connectivity index (χ4n) is 2.45. The molecule has 0 saturated heterocycles. The van der Waals surface area contributed by atoms with E-state index >= 15 is 0 Å². The minimum atomic E-state index is 0.622. The number of methoxy groups -OCH3 is 2. The van der Waals surface area contributed by atoms with E-state index < -0.39 is 0 Å². The number of hydrogen-bond donors (Lipinski definition) is 1. The lowest BCUT2D eigenvalue weighted by Gasteiger charge is -2.17. The Morgan fingerprint density at radius 1 is 1.00 bits per heavy atom. The van der Waals surface area contributed by atoms with E-state index in [1.807, 2.05) is 31.1 Å². The van der Waals surface area contributed by atoms with Crippen LogP contribution in [0.25, 0.3) is 10.9 Å². The van der Waals surface area contributed by atoms with Gasteiger partial charge in [-0.15, -0.1) is 0 Å². The normalized spacial score (nSPS) is 11.0. The van der Waals surface area contributed by atoms with Gasteiger partial charge in [-0.1, -0.05) is 0 Å². The van der Waals surface area contributed by atoms with Crippen LogP contribution in [0.4, 0.5) is 11.8 Å². The summed E-state index contributed by atoms with van der Waals surface area (Å²) >= 11 is 0. The van der Waals surface area contributed by atoms with Gasteiger partial charge in [0.25, 0.3) is 0 Å². The Labute approximate surface area is 143 Å². The minimum absolute atomic E-state index is 0.622.